The molecule has 3 aromatic rings. The molecule has 15 heavy (non-hydrogen) atoms. The minimum atomic E-state index is 0.573. The van der Waals surface area contributed by atoms with Gasteiger partial charge in [-0.3, -0.25) is 4.98 Å². The minimum Gasteiger partial charge on any atom is -0.333 e. The normalized spacial score (nSPS) is 10.7. The molecule has 1 radical (unpaired) electrons. The van der Waals surface area contributed by atoms with E-state index in [1.54, 1.807) is 12.4 Å². The molecule has 0 saturated heterocycles. The van der Waals surface area contributed by atoms with Crippen LogP contribution in [-0.2, 0) is 0 Å². The Balaban J connectivity index is 2.19. The SMILES string of the molecule is [c]1nc2nc(-c3ccccn3)ncc2[nH]1. The Kier molecular flexibility index (Phi) is 1.68. The molecule has 3 rings (SSSR count). The van der Waals surface area contributed by atoms with Crippen LogP contribution in [0.25, 0.3) is 22.7 Å². The fourth-order valence-electron chi connectivity index (χ4n) is 1.31. The Bertz CT molecular complexity index is 587. The van der Waals surface area contributed by atoms with Crippen molar-refractivity contribution in [3.8, 4) is 11.5 Å². The number of aromatic nitrogens is 5. The quantitative estimate of drug-likeness (QED) is 0.635. The topological polar surface area (TPSA) is 67.3 Å². The lowest BCUT2D eigenvalue weighted by Gasteiger charge is -1.96. The first-order valence-electron chi connectivity index (χ1n) is 4.44. The predicted octanol–water partition coefficient (Wildman–Crippen LogP) is 1.22. The van der Waals surface area contributed by atoms with E-state index in [2.05, 4.69) is 31.2 Å². The van der Waals surface area contributed by atoms with Crippen molar-refractivity contribution in [3.63, 3.8) is 0 Å². The average Bonchev–Trinajstić information content (AvgIpc) is 2.77. The molecule has 3 aromatic heterocycles. The Morgan fingerprint density at radius 1 is 1.20 bits per heavy atom. The molecule has 3 heterocycles. The van der Waals surface area contributed by atoms with Crippen LogP contribution in [0.2, 0.25) is 0 Å². The van der Waals surface area contributed by atoms with E-state index in [0.29, 0.717) is 11.5 Å². The van der Waals surface area contributed by atoms with Gasteiger partial charge in [-0.25, -0.2) is 15.0 Å². The monoisotopic (exact) mass is 196 g/mol. The van der Waals surface area contributed by atoms with Crippen LogP contribution < -0.4 is 0 Å². The fourth-order valence-corrected chi connectivity index (χ4v) is 1.31. The maximum Gasteiger partial charge on any atom is 0.182 e. The van der Waals surface area contributed by atoms with Crippen molar-refractivity contribution in [1.29, 1.82) is 0 Å². The zero-order chi connectivity index (χ0) is 10.1. The third kappa shape index (κ3) is 1.34. The number of hydrogen-bond acceptors (Lipinski definition) is 4. The van der Waals surface area contributed by atoms with Crippen molar-refractivity contribution in [2.24, 2.45) is 0 Å². The summed E-state index contributed by atoms with van der Waals surface area (Å²) in [7, 11) is 0. The first-order valence-corrected chi connectivity index (χ1v) is 4.44. The van der Waals surface area contributed by atoms with E-state index < -0.39 is 0 Å². The smallest absolute Gasteiger partial charge is 0.182 e. The number of nitrogens with one attached hydrogen (secondary N) is 1. The van der Waals surface area contributed by atoms with Crippen molar-refractivity contribution < 1.29 is 0 Å². The van der Waals surface area contributed by atoms with E-state index in [0.717, 1.165) is 11.2 Å². The summed E-state index contributed by atoms with van der Waals surface area (Å²) in [6.07, 6.45) is 6.00. The molecule has 1 N–H and O–H groups in total. The fraction of sp³-hybridized carbons (Fsp3) is 0. The van der Waals surface area contributed by atoms with Gasteiger partial charge in [-0.1, -0.05) is 6.07 Å². The summed E-state index contributed by atoms with van der Waals surface area (Å²) in [5.41, 5.74) is 2.11. The largest absolute Gasteiger partial charge is 0.333 e. The highest BCUT2D eigenvalue weighted by molar-refractivity contribution is 5.70. The molecule has 0 aliphatic carbocycles. The summed E-state index contributed by atoms with van der Waals surface area (Å²) >= 11 is 0. The third-order valence-electron chi connectivity index (χ3n) is 2.02. The van der Waals surface area contributed by atoms with Crippen LogP contribution in [0.15, 0.2) is 30.6 Å². The summed E-state index contributed by atoms with van der Waals surface area (Å²) in [5, 5.41) is 0. The molecule has 0 fully saturated rings. The Morgan fingerprint density at radius 2 is 2.20 bits per heavy atom. The van der Waals surface area contributed by atoms with Gasteiger partial charge in [0.05, 0.1) is 6.20 Å². The van der Waals surface area contributed by atoms with Crippen LogP contribution in [0.5, 0.6) is 0 Å². The van der Waals surface area contributed by atoms with Gasteiger partial charge in [-0.2, -0.15) is 0 Å². The second-order valence-corrected chi connectivity index (χ2v) is 2.99. The third-order valence-corrected chi connectivity index (χ3v) is 2.02. The molecule has 5 heteroatoms. The van der Waals surface area contributed by atoms with Crippen LogP contribution in [0.3, 0.4) is 0 Å². The van der Waals surface area contributed by atoms with E-state index in [1.165, 1.54) is 0 Å². The number of rotatable bonds is 1. The summed E-state index contributed by atoms with van der Waals surface area (Å²) in [4.78, 5) is 19.4. The number of aromatic amines is 1. The number of hydrogen-bond donors (Lipinski definition) is 1. The molecule has 0 saturated carbocycles. The van der Waals surface area contributed by atoms with Crippen molar-refractivity contribution in [2.75, 3.05) is 0 Å². The van der Waals surface area contributed by atoms with Crippen molar-refractivity contribution in [3.05, 3.63) is 36.9 Å². The predicted molar refractivity (Wildman–Crippen MR) is 53.8 cm³/mol. The highest BCUT2D eigenvalue weighted by atomic mass is 15.0. The first kappa shape index (κ1) is 8.05. The maximum atomic E-state index is 4.26. The summed E-state index contributed by atoms with van der Waals surface area (Å²) in [6, 6.07) is 5.61. The molecule has 0 atom stereocenters. The lowest BCUT2D eigenvalue weighted by atomic mass is 10.3. The standard InChI is InChI=1S/C10H6N5/c1-2-4-11-7(3-1)9-12-5-8-10(15-9)14-6-13-8/h1-5H,(H,12,13,14,15). The van der Waals surface area contributed by atoms with Gasteiger partial charge in [-0.15, -0.1) is 0 Å². The van der Waals surface area contributed by atoms with E-state index in [9.17, 15) is 0 Å². The molecule has 71 valence electrons. The molecule has 0 amide bonds. The highest BCUT2D eigenvalue weighted by Crippen LogP contribution is 2.12. The van der Waals surface area contributed by atoms with E-state index in [1.807, 2.05) is 18.2 Å². The summed E-state index contributed by atoms with van der Waals surface area (Å²) in [6.45, 7) is 0. The van der Waals surface area contributed by atoms with E-state index >= 15 is 0 Å². The lowest BCUT2D eigenvalue weighted by Crippen LogP contribution is -1.91. The number of nitrogens with zero attached hydrogens (tertiary/aromatic N) is 4. The second kappa shape index (κ2) is 3.13. The van der Waals surface area contributed by atoms with Crippen LogP contribution in [0.4, 0.5) is 0 Å². The Hall–Kier alpha value is -2.30. The second-order valence-electron chi connectivity index (χ2n) is 2.99. The van der Waals surface area contributed by atoms with Gasteiger partial charge in [0.25, 0.3) is 0 Å². The zero-order valence-electron chi connectivity index (χ0n) is 7.68. The molecule has 0 spiro atoms. The van der Waals surface area contributed by atoms with E-state index in [-0.39, 0.29) is 0 Å². The van der Waals surface area contributed by atoms with Gasteiger partial charge in [-0.05, 0) is 12.1 Å². The lowest BCUT2D eigenvalue weighted by molar-refractivity contribution is 1.16. The average molecular weight is 196 g/mol. The van der Waals surface area contributed by atoms with Gasteiger partial charge >= 0.3 is 0 Å². The molecule has 5 nitrogen and oxygen atoms in total. The first-order chi connectivity index (χ1) is 7.43. The zero-order valence-corrected chi connectivity index (χ0v) is 7.68. The summed E-state index contributed by atoms with van der Waals surface area (Å²) < 4.78 is 0. The highest BCUT2D eigenvalue weighted by Gasteiger charge is 2.04. The van der Waals surface area contributed by atoms with Gasteiger partial charge in [0, 0.05) is 6.20 Å². The summed E-state index contributed by atoms with van der Waals surface area (Å²) in [5.74, 6) is 0.573. The molecular weight excluding hydrogens is 190 g/mol. The number of pyridine rings is 1. The van der Waals surface area contributed by atoms with Crippen LogP contribution in [-0.4, -0.2) is 24.9 Å². The van der Waals surface area contributed by atoms with Crippen LogP contribution in [0.1, 0.15) is 0 Å². The molecule has 0 bridgehead atoms. The minimum absolute atomic E-state index is 0.573. The van der Waals surface area contributed by atoms with E-state index in [4.69, 9.17) is 0 Å². The van der Waals surface area contributed by atoms with Gasteiger partial charge in [0.15, 0.2) is 17.8 Å². The van der Waals surface area contributed by atoms with Gasteiger partial charge < -0.3 is 4.98 Å². The molecule has 0 aliphatic heterocycles. The molecule has 0 aromatic carbocycles. The molecule has 0 unspecified atom stereocenters. The molecular formula is C10H6N5. The van der Waals surface area contributed by atoms with Crippen LogP contribution >= 0.6 is 0 Å². The Labute approximate surface area is 85.3 Å². The maximum absolute atomic E-state index is 4.26. The van der Waals surface area contributed by atoms with Gasteiger partial charge in [0.2, 0.25) is 0 Å². The number of H-pyrrole nitrogens is 1. The number of imidazole rings is 1. The molecule has 0 aliphatic rings. The van der Waals surface area contributed by atoms with Crippen molar-refractivity contribution in [2.45, 2.75) is 0 Å². The van der Waals surface area contributed by atoms with Crippen LogP contribution in [0, 0.1) is 6.33 Å². The Morgan fingerprint density at radius 3 is 3.07 bits per heavy atom. The van der Waals surface area contributed by atoms with Crippen molar-refractivity contribution >= 4 is 11.2 Å². The van der Waals surface area contributed by atoms with Gasteiger partial charge in [0.1, 0.15) is 11.2 Å². The number of fused-ring (bicyclic) bond motifs is 1. The van der Waals surface area contributed by atoms with Crippen molar-refractivity contribution in [1.82, 2.24) is 24.9 Å².